The zero-order valence-electron chi connectivity index (χ0n) is 11.6. The maximum absolute atomic E-state index is 10.5. The van der Waals surface area contributed by atoms with Crippen LogP contribution in [0.25, 0.3) is 26.0 Å². The molecule has 0 unspecified atom stereocenters. The zero-order chi connectivity index (χ0) is 15.3. The maximum Gasteiger partial charge on any atom is 0.416 e. The molecule has 7 heteroatoms. The van der Waals surface area contributed by atoms with Crippen molar-refractivity contribution in [3.8, 4) is 16.3 Å². The molecule has 0 amide bonds. The molecular formula is C16H10Cl2N2O2S. The van der Waals surface area contributed by atoms with Gasteiger partial charge in [0.15, 0.2) is 4.88 Å². The second-order valence-corrected chi connectivity index (χ2v) is 6.67. The molecule has 0 saturated heterocycles. The van der Waals surface area contributed by atoms with Gasteiger partial charge < -0.3 is 10.6 Å². The lowest BCUT2D eigenvalue weighted by Gasteiger charge is -1.97. The number of nitrogens with zero attached hydrogens (tertiary/aromatic N) is 2. The molecule has 0 aliphatic rings. The molecule has 0 radical (unpaired) electrons. The van der Waals surface area contributed by atoms with Gasteiger partial charge in [0.05, 0.1) is 5.39 Å². The summed E-state index contributed by atoms with van der Waals surface area (Å²) in [5.41, 5.74) is 0.785. The van der Waals surface area contributed by atoms with Gasteiger partial charge in [-0.1, -0.05) is 58.8 Å². The number of halogens is 2. The van der Waals surface area contributed by atoms with Gasteiger partial charge in [0.25, 0.3) is 0 Å². The second kappa shape index (κ2) is 5.94. The lowest BCUT2D eigenvalue weighted by Crippen LogP contribution is -2.23. The highest BCUT2D eigenvalue weighted by Gasteiger charge is 2.26. The number of hydrogen-bond acceptors (Lipinski definition) is 4. The molecule has 0 atom stereocenters. The van der Waals surface area contributed by atoms with E-state index in [1.807, 2.05) is 36.4 Å². The molecule has 2 N–H and O–H groups in total. The fraction of sp³-hybridized carbons (Fsp3) is 0. The van der Waals surface area contributed by atoms with Crippen molar-refractivity contribution in [2.45, 2.75) is 0 Å². The smallest absolute Gasteiger partial charge is 0.416 e. The number of aromatic hydroxyl groups is 1. The van der Waals surface area contributed by atoms with Crippen molar-refractivity contribution in [1.82, 2.24) is 5.10 Å². The van der Waals surface area contributed by atoms with Crippen LogP contribution in [0.15, 0.2) is 48.7 Å². The lowest BCUT2D eigenvalue weighted by atomic mass is 10.2. The van der Waals surface area contributed by atoms with Gasteiger partial charge in [0, 0.05) is 30.6 Å². The molecule has 0 aliphatic carbocycles. The van der Waals surface area contributed by atoms with Gasteiger partial charge in [-0.15, -0.1) is 0 Å². The summed E-state index contributed by atoms with van der Waals surface area (Å²) in [6.07, 6.45) is 1.71. The van der Waals surface area contributed by atoms with E-state index in [2.05, 4.69) is 5.10 Å². The van der Waals surface area contributed by atoms with Crippen molar-refractivity contribution in [3.63, 3.8) is 0 Å². The van der Waals surface area contributed by atoms with E-state index in [1.54, 1.807) is 12.3 Å². The number of fused-ring (bicyclic) bond motifs is 3. The predicted molar refractivity (Wildman–Crippen MR) is 91.8 cm³/mol. The Kier molecular flexibility index (Phi) is 4.12. The second-order valence-electron chi connectivity index (χ2n) is 4.83. The SMILES string of the molecule is Oc1c(-c2ccccc2Cl)sc2c3cc(Cl)ccc3cn[n+]12.[OH-]. The Labute approximate surface area is 145 Å². The van der Waals surface area contributed by atoms with Crippen molar-refractivity contribution in [1.29, 1.82) is 0 Å². The Morgan fingerprint density at radius 1 is 1.09 bits per heavy atom. The fourth-order valence-corrected chi connectivity index (χ4v) is 4.05. The standard InChI is InChI=1S/C16H8Cl2N2OS.H2O/c17-10-6-5-9-8-19-20-15(21)14(22-16(20)12(9)7-10)11-3-1-2-4-13(11)18;/h1-8H;1H2. The fourth-order valence-electron chi connectivity index (χ4n) is 2.42. The summed E-state index contributed by atoms with van der Waals surface area (Å²) >= 11 is 13.8. The molecule has 0 saturated carbocycles. The quantitative estimate of drug-likeness (QED) is 0.504. The zero-order valence-corrected chi connectivity index (χ0v) is 13.9. The monoisotopic (exact) mass is 364 g/mol. The van der Waals surface area contributed by atoms with Crippen molar-refractivity contribution in [2.24, 2.45) is 0 Å². The highest BCUT2D eigenvalue weighted by molar-refractivity contribution is 7.21. The minimum absolute atomic E-state index is 0. The number of thiazole rings is 1. The van der Waals surface area contributed by atoms with E-state index < -0.39 is 0 Å². The Hall–Kier alpha value is -1.92. The first-order valence-corrected chi connectivity index (χ1v) is 8.09. The summed E-state index contributed by atoms with van der Waals surface area (Å²) in [6, 6.07) is 13.0. The highest BCUT2D eigenvalue weighted by Crippen LogP contribution is 2.39. The Balaban J connectivity index is 0.00000156. The van der Waals surface area contributed by atoms with Gasteiger partial charge in [0.1, 0.15) is 6.20 Å². The molecule has 0 fully saturated rings. The average Bonchev–Trinajstić information content (AvgIpc) is 2.85. The van der Waals surface area contributed by atoms with Crippen molar-refractivity contribution in [2.75, 3.05) is 0 Å². The van der Waals surface area contributed by atoms with Gasteiger partial charge >= 0.3 is 10.7 Å². The van der Waals surface area contributed by atoms with Crippen molar-refractivity contribution in [3.05, 3.63) is 58.7 Å². The van der Waals surface area contributed by atoms with Crippen LogP contribution in [0.4, 0.5) is 0 Å². The van der Waals surface area contributed by atoms with Crippen LogP contribution in [0.3, 0.4) is 0 Å². The summed E-state index contributed by atoms with van der Waals surface area (Å²) in [7, 11) is 0. The Bertz CT molecular complexity index is 1030. The molecule has 0 aliphatic heterocycles. The van der Waals surface area contributed by atoms with Gasteiger partial charge in [-0.25, -0.2) is 0 Å². The number of benzene rings is 2. The minimum atomic E-state index is 0. The van der Waals surface area contributed by atoms with Crippen LogP contribution in [0.1, 0.15) is 0 Å². The summed E-state index contributed by atoms with van der Waals surface area (Å²) in [5.74, 6) is 0.0787. The average molecular weight is 365 g/mol. The third kappa shape index (κ3) is 2.52. The number of rotatable bonds is 1. The van der Waals surface area contributed by atoms with E-state index in [9.17, 15) is 5.11 Å². The van der Waals surface area contributed by atoms with E-state index in [0.717, 1.165) is 21.2 Å². The normalized spacial score (nSPS) is 10.9. The van der Waals surface area contributed by atoms with Gasteiger partial charge in [0.2, 0.25) is 0 Å². The molecule has 4 rings (SSSR count). The van der Waals surface area contributed by atoms with Crippen LogP contribution in [-0.2, 0) is 0 Å². The number of hydrogen-bond donors (Lipinski definition) is 1. The van der Waals surface area contributed by atoms with Crippen LogP contribution in [-0.4, -0.2) is 15.7 Å². The van der Waals surface area contributed by atoms with E-state index in [-0.39, 0.29) is 11.4 Å². The van der Waals surface area contributed by atoms with Gasteiger partial charge in [-0.3, -0.25) is 0 Å². The molecule has 23 heavy (non-hydrogen) atoms. The van der Waals surface area contributed by atoms with Gasteiger partial charge in [-0.2, -0.15) is 0 Å². The topological polar surface area (TPSA) is 67.2 Å². The molecule has 4 nitrogen and oxygen atoms in total. The van der Waals surface area contributed by atoms with E-state index in [1.165, 1.54) is 15.9 Å². The molecule has 0 bridgehead atoms. The first-order valence-electron chi connectivity index (χ1n) is 6.52. The summed E-state index contributed by atoms with van der Waals surface area (Å²) in [6.45, 7) is 0. The first-order chi connectivity index (χ1) is 10.6. The summed E-state index contributed by atoms with van der Waals surface area (Å²) in [4.78, 5) is 1.51. The van der Waals surface area contributed by atoms with Crippen LogP contribution in [0, 0.1) is 0 Å². The van der Waals surface area contributed by atoms with E-state index >= 15 is 0 Å². The molecule has 4 aromatic rings. The minimum Gasteiger partial charge on any atom is -0.870 e. The summed E-state index contributed by atoms with van der Waals surface area (Å²) < 4.78 is 1.52. The van der Waals surface area contributed by atoms with E-state index in [0.29, 0.717) is 14.9 Å². The van der Waals surface area contributed by atoms with Crippen LogP contribution < -0.4 is 4.52 Å². The largest absolute Gasteiger partial charge is 0.870 e. The van der Waals surface area contributed by atoms with Crippen LogP contribution >= 0.6 is 34.5 Å². The lowest BCUT2D eigenvalue weighted by molar-refractivity contribution is -0.583. The van der Waals surface area contributed by atoms with Gasteiger partial charge in [-0.05, 0) is 18.2 Å². The molecular weight excluding hydrogens is 355 g/mol. The molecule has 0 spiro atoms. The van der Waals surface area contributed by atoms with Crippen LogP contribution in [0.5, 0.6) is 5.88 Å². The third-order valence-corrected chi connectivity index (χ3v) is 5.23. The highest BCUT2D eigenvalue weighted by atomic mass is 35.5. The van der Waals surface area contributed by atoms with Crippen LogP contribution in [0.2, 0.25) is 10.0 Å². The summed E-state index contributed by atoms with van der Waals surface area (Å²) in [5, 5.41) is 18.0. The molecule has 2 heterocycles. The molecule has 116 valence electrons. The first kappa shape index (κ1) is 16.0. The Morgan fingerprint density at radius 2 is 1.87 bits per heavy atom. The van der Waals surface area contributed by atoms with Crippen molar-refractivity contribution >= 4 is 50.1 Å². The maximum atomic E-state index is 10.5. The molecule has 2 aromatic heterocycles. The van der Waals surface area contributed by atoms with E-state index in [4.69, 9.17) is 23.2 Å². The molecule has 2 aromatic carbocycles. The van der Waals surface area contributed by atoms with Crippen molar-refractivity contribution < 1.29 is 15.1 Å². The number of aromatic nitrogens is 2. The Morgan fingerprint density at radius 3 is 2.65 bits per heavy atom. The predicted octanol–water partition coefficient (Wildman–Crippen LogP) is 4.54. The third-order valence-electron chi connectivity index (χ3n) is 3.47.